The van der Waals surface area contributed by atoms with Crippen molar-refractivity contribution >= 4 is 15.0 Å². The zero-order chi connectivity index (χ0) is 7.11. The van der Waals surface area contributed by atoms with E-state index in [2.05, 4.69) is 21.3 Å². The molecule has 0 N–H and O–H groups in total. The third kappa shape index (κ3) is 5.78. The Morgan fingerprint density at radius 2 is 2.33 bits per heavy atom. The molecular weight excluding hydrogens is 133 g/mol. The summed E-state index contributed by atoms with van der Waals surface area (Å²) in [6.07, 6.45) is 2.75. The molecule has 3 heteroatoms. The molecule has 0 rings (SSSR count). The summed E-state index contributed by atoms with van der Waals surface area (Å²) in [4.78, 5) is 4.80. The zero-order valence-corrected chi connectivity index (χ0v) is 7.21. The van der Waals surface area contributed by atoms with Crippen molar-refractivity contribution in [3.63, 3.8) is 0 Å². The van der Waals surface area contributed by atoms with Gasteiger partial charge in [0.2, 0.25) is 0 Å². The Morgan fingerprint density at radius 3 is 2.78 bits per heavy atom. The molecule has 0 aromatic heterocycles. The van der Waals surface area contributed by atoms with Crippen molar-refractivity contribution in [2.24, 2.45) is 5.16 Å². The lowest BCUT2D eigenvalue weighted by molar-refractivity contribution is 0.195. The van der Waals surface area contributed by atoms with E-state index in [1.165, 1.54) is 0 Å². The lowest BCUT2D eigenvalue weighted by Gasteiger charge is -1.95. The summed E-state index contributed by atoms with van der Waals surface area (Å²) in [6.45, 7) is 4.10. The van der Waals surface area contributed by atoms with Crippen LogP contribution in [-0.4, -0.2) is 12.1 Å². The Balaban J connectivity index is 3.30. The van der Waals surface area contributed by atoms with Crippen LogP contribution < -0.4 is 0 Å². The fraction of sp³-hybridized carbons (Fsp3) is 0.833. The van der Waals surface area contributed by atoms with Gasteiger partial charge in [0.15, 0.2) is 0 Å². The molecule has 0 saturated heterocycles. The van der Waals surface area contributed by atoms with Crippen LogP contribution in [0.4, 0.5) is 0 Å². The lowest BCUT2D eigenvalue weighted by Crippen LogP contribution is -1.90. The highest BCUT2D eigenvalue weighted by molar-refractivity contribution is 7.16. The van der Waals surface area contributed by atoms with E-state index in [0.717, 1.165) is 18.6 Å². The van der Waals surface area contributed by atoms with Gasteiger partial charge in [-0.25, -0.2) is 0 Å². The van der Waals surface area contributed by atoms with E-state index in [4.69, 9.17) is 4.84 Å². The van der Waals surface area contributed by atoms with Gasteiger partial charge in [0.25, 0.3) is 0 Å². The average molecular weight is 147 g/mol. The Kier molecular flexibility index (Phi) is 5.96. The van der Waals surface area contributed by atoms with E-state index in [-0.39, 0.29) is 0 Å². The molecule has 1 unspecified atom stereocenters. The van der Waals surface area contributed by atoms with Gasteiger partial charge in [0.05, 0.1) is 5.71 Å². The maximum absolute atomic E-state index is 4.80. The fourth-order valence-corrected chi connectivity index (χ4v) is 0.629. The highest BCUT2D eigenvalue weighted by Crippen LogP contribution is 1.93. The van der Waals surface area contributed by atoms with Crippen LogP contribution in [-0.2, 0) is 4.84 Å². The molecule has 0 amide bonds. The van der Waals surface area contributed by atoms with Crippen molar-refractivity contribution in [2.45, 2.75) is 26.7 Å². The van der Waals surface area contributed by atoms with E-state index < -0.39 is 0 Å². The summed E-state index contributed by atoms with van der Waals surface area (Å²) >= 11 is 0. The quantitative estimate of drug-likeness (QED) is 0.338. The van der Waals surface area contributed by atoms with Crippen molar-refractivity contribution in [1.82, 2.24) is 0 Å². The van der Waals surface area contributed by atoms with Gasteiger partial charge in [0.1, 0.15) is 6.35 Å². The van der Waals surface area contributed by atoms with Crippen LogP contribution in [0.5, 0.6) is 0 Å². The monoisotopic (exact) mass is 147 g/mol. The maximum Gasteiger partial charge on any atom is 0.129 e. The molecule has 0 heterocycles. The molecule has 0 aromatic carbocycles. The van der Waals surface area contributed by atoms with Crippen LogP contribution in [0, 0.1) is 0 Å². The second-order valence-corrected chi connectivity index (χ2v) is 2.21. The second kappa shape index (κ2) is 6.03. The molecule has 54 valence electrons. The highest BCUT2D eigenvalue weighted by Gasteiger charge is 1.86. The van der Waals surface area contributed by atoms with Gasteiger partial charge in [-0.3, -0.25) is 0 Å². The van der Waals surface area contributed by atoms with E-state index in [1.807, 2.05) is 6.92 Å². The third-order valence-electron chi connectivity index (χ3n) is 0.907. The molecule has 0 aliphatic rings. The third-order valence-corrected chi connectivity index (χ3v) is 1.06. The normalized spacial score (nSPS) is 11.7. The van der Waals surface area contributed by atoms with Crippen molar-refractivity contribution in [1.29, 1.82) is 0 Å². The Hall–Kier alpha value is -0.100. The highest BCUT2D eigenvalue weighted by atomic mass is 31.0. The SMILES string of the molecule is CCC/C(C)=N/OCP. The average Bonchev–Trinajstić information content (AvgIpc) is 1.85. The van der Waals surface area contributed by atoms with Gasteiger partial charge in [0, 0.05) is 0 Å². The van der Waals surface area contributed by atoms with Gasteiger partial charge < -0.3 is 4.84 Å². The second-order valence-electron chi connectivity index (χ2n) is 1.87. The standard InChI is InChI=1S/C6H14NOP/c1-3-4-6(2)7-8-5-9/h3-5,9H2,1-2H3/b7-6+. The van der Waals surface area contributed by atoms with Gasteiger partial charge in [-0.15, -0.1) is 0 Å². The van der Waals surface area contributed by atoms with E-state index in [9.17, 15) is 0 Å². The molecule has 0 bridgehead atoms. The van der Waals surface area contributed by atoms with Gasteiger partial charge in [-0.1, -0.05) is 27.7 Å². The molecule has 0 aliphatic carbocycles. The maximum atomic E-state index is 4.80. The van der Waals surface area contributed by atoms with E-state index >= 15 is 0 Å². The molecule has 0 aliphatic heterocycles. The molecule has 0 saturated carbocycles. The molecule has 2 nitrogen and oxygen atoms in total. The Morgan fingerprint density at radius 1 is 1.67 bits per heavy atom. The molecule has 1 atom stereocenters. The largest absolute Gasteiger partial charge is 0.392 e. The van der Waals surface area contributed by atoms with Crippen LogP contribution in [0.25, 0.3) is 0 Å². The smallest absolute Gasteiger partial charge is 0.129 e. The van der Waals surface area contributed by atoms with Crippen LogP contribution in [0.2, 0.25) is 0 Å². The summed E-state index contributed by atoms with van der Waals surface area (Å²) in [7, 11) is 2.45. The number of oxime groups is 1. The van der Waals surface area contributed by atoms with Crippen LogP contribution in [0.1, 0.15) is 26.7 Å². The first-order chi connectivity index (χ1) is 4.31. The lowest BCUT2D eigenvalue weighted by atomic mass is 10.2. The minimum absolute atomic E-state index is 0.584. The van der Waals surface area contributed by atoms with E-state index in [1.54, 1.807) is 0 Å². The molecule has 0 radical (unpaired) electrons. The first kappa shape index (κ1) is 8.90. The van der Waals surface area contributed by atoms with Crippen molar-refractivity contribution in [3.05, 3.63) is 0 Å². The van der Waals surface area contributed by atoms with Crippen LogP contribution in [0.15, 0.2) is 5.16 Å². The van der Waals surface area contributed by atoms with Gasteiger partial charge >= 0.3 is 0 Å². The molecule has 0 fully saturated rings. The van der Waals surface area contributed by atoms with Crippen LogP contribution in [0.3, 0.4) is 0 Å². The van der Waals surface area contributed by atoms with Crippen molar-refractivity contribution < 1.29 is 4.84 Å². The molecule has 0 aromatic rings. The number of hydrogen-bond donors (Lipinski definition) is 0. The minimum atomic E-state index is 0.584. The predicted molar refractivity (Wildman–Crippen MR) is 43.7 cm³/mol. The summed E-state index contributed by atoms with van der Waals surface area (Å²) in [5.41, 5.74) is 1.07. The zero-order valence-electron chi connectivity index (χ0n) is 6.05. The molecule has 9 heavy (non-hydrogen) atoms. The Labute approximate surface area is 58.9 Å². The number of hydrogen-bond acceptors (Lipinski definition) is 2. The molecular formula is C6H14NOP. The van der Waals surface area contributed by atoms with Crippen LogP contribution >= 0.6 is 9.24 Å². The Bertz CT molecular complexity index is 93.1. The van der Waals surface area contributed by atoms with Crippen molar-refractivity contribution in [3.8, 4) is 0 Å². The summed E-state index contributed by atoms with van der Waals surface area (Å²) < 4.78 is 0. The number of rotatable bonds is 4. The van der Waals surface area contributed by atoms with E-state index in [0.29, 0.717) is 6.35 Å². The van der Waals surface area contributed by atoms with Gasteiger partial charge in [-0.2, -0.15) is 0 Å². The summed E-state index contributed by atoms with van der Waals surface area (Å²) in [5.74, 6) is 0. The predicted octanol–water partition coefficient (Wildman–Crippen LogP) is 2.01. The van der Waals surface area contributed by atoms with Gasteiger partial charge in [-0.05, 0) is 13.3 Å². The summed E-state index contributed by atoms with van der Waals surface area (Å²) in [6, 6.07) is 0. The van der Waals surface area contributed by atoms with Crippen molar-refractivity contribution in [2.75, 3.05) is 6.35 Å². The number of nitrogens with zero attached hydrogens (tertiary/aromatic N) is 1. The first-order valence-corrected chi connectivity index (χ1v) is 3.98. The topological polar surface area (TPSA) is 21.6 Å². The molecule has 0 spiro atoms. The first-order valence-electron chi connectivity index (χ1n) is 3.16. The fourth-order valence-electron chi connectivity index (χ4n) is 0.555. The summed E-state index contributed by atoms with van der Waals surface area (Å²) in [5, 5.41) is 3.83. The minimum Gasteiger partial charge on any atom is -0.392 e.